The fraction of sp³-hybridized carbons (Fsp3) is 0.500. The molecular weight excluding hydrogens is 1130 g/mol. The molecule has 0 aliphatic heterocycles. The molecule has 73 heavy (non-hydrogen) atoms. The number of alkyl halides is 30. The van der Waals surface area contributed by atoms with Crippen molar-refractivity contribution in [3.8, 4) is 17.2 Å². The van der Waals surface area contributed by atoms with Crippen LogP contribution in [0.15, 0.2) is 47.9 Å². The van der Waals surface area contributed by atoms with E-state index in [1.54, 1.807) is 0 Å². The van der Waals surface area contributed by atoms with Crippen molar-refractivity contribution in [2.45, 2.75) is 90.3 Å². The Morgan fingerprint density at radius 1 is 0.329 bits per heavy atom. The molecule has 0 aromatic heterocycles. The van der Waals surface area contributed by atoms with Crippen molar-refractivity contribution in [3.63, 3.8) is 0 Å². The van der Waals surface area contributed by atoms with E-state index in [1.165, 1.54) is 0 Å². The molecule has 7 nitrogen and oxygen atoms in total. The number of hydrogen-bond acceptors (Lipinski definition) is 7. The first-order valence-corrected chi connectivity index (χ1v) is 16.8. The molecule has 0 amide bonds. The lowest BCUT2D eigenvalue weighted by atomic mass is 9.91. The molecule has 0 atom stereocenters. The van der Waals surface area contributed by atoms with Gasteiger partial charge in [-0.3, -0.25) is 0 Å². The van der Waals surface area contributed by atoms with Crippen LogP contribution in [0, 0.1) is 6.92 Å². The molecule has 0 radical (unpaired) electrons. The van der Waals surface area contributed by atoms with E-state index in [2.05, 4.69) is 14.2 Å². The molecule has 0 aliphatic rings. The Labute approximate surface area is 378 Å². The third kappa shape index (κ3) is 10.1. The molecule has 2 rings (SSSR count). The van der Waals surface area contributed by atoms with Crippen LogP contribution in [0.25, 0.3) is 0 Å². The quantitative estimate of drug-likeness (QED) is 0.0705. The highest BCUT2D eigenvalue weighted by molar-refractivity contribution is 5.70. The second-order valence-corrected chi connectivity index (χ2v) is 13.6. The lowest BCUT2D eigenvalue weighted by Crippen LogP contribution is -2.72. The minimum atomic E-state index is -8.67. The monoisotopic (exact) mass is 1150 g/mol. The van der Waals surface area contributed by atoms with Gasteiger partial charge < -0.3 is 37.1 Å². The first kappa shape index (κ1) is 65.2. The van der Waals surface area contributed by atoms with Gasteiger partial charge in [-0.15, -0.1) is 0 Å². The number of anilines is 4. The van der Waals surface area contributed by atoms with E-state index in [4.69, 9.17) is 22.9 Å². The Morgan fingerprint density at radius 3 is 0.822 bits per heavy atom. The van der Waals surface area contributed by atoms with Gasteiger partial charge in [0.05, 0.1) is 29.9 Å². The van der Waals surface area contributed by atoms with Crippen molar-refractivity contribution in [3.05, 3.63) is 53.5 Å². The molecule has 0 heterocycles. The van der Waals surface area contributed by atoms with Gasteiger partial charge in [-0.1, -0.05) is 0 Å². The van der Waals surface area contributed by atoms with Crippen molar-refractivity contribution in [2.24, 2.45) is 0 Å². The summed E-state index contributed by atoms with van der Waals surface area (Å²) in [5.41, 5.74) is 18.7. The number of ether oxygens (including phenoxy) is 3. The van der Waals surface area contributed by atoms with Gasteiger partial charge in [0.15, 0.2) is 11.5 Å². The lowest BCUT2D eigenvalue weighted by Gasteiger charge is -2.41. The van der Waals surface area contributed by atoms with E-state index in [0.717, 1.165) is 20.1 Å². The first-order chi connectivity index (χ1) is 31.8. The summed E-state index contributed by atoms with van der Waals surface area (Å²) in [6.07, 6.45) is -15.6. The normalized spacial score (nSPS) is 15.5. The van der Waals surface area contributed by atoms with Gasteiger partial charge in [0.25, 0.3) is 0 Å². The zero-order valence-corrected chi connectivity index (χ0v) is 33.7. The molecule has 422 valence electrons. The maximum absolute atomic E-state index is 13.8. The number of nitrogens with two attached hydrogens (primary N) is 4. The molecule has 8 N–H and O–H groups in total. The number of nitrogen functional groups attached to an aromatic ring is 4. The highest BCUT2D eigenvalue weighted by Crippen LogP contribution is 2.65. The number of hydrogen-bond donors (Lipinski definition) is 4. The van der Waals surface area contributed by atoms with Gasteiger partial charge in [0.1, 0.15) is 5.75 Å². The summed E-state index contributed by atoms with van der Waals surface area (Å²) >= 11 is 0. The average molecular weight is 1150 g/mol. The van der Waals surface area contributed by atoms with Crippen LogP contribution in [0.2, 0.25) is 0 Å². The molecular formula is C32H18F34N4O3. The fourth-order valence-electron chi connectivity index (χ4n) is 4.41. The Kier molecular flexibility index (Phi) is 17.1. The van der Waals surface area contributed by atoms with Crippen LogP contribution in [0.5, 0.6) is 17.2 Å². The summed E-state index contributed by atoms with van der Waals surface area (Å²) in [7, 11) is 0.734. The summed E-state index contributed by atoms with van der Waals surface area (Å²) in [5, 5.41) is 0. The second-order valence-electron chi connectivity index (χ2n) is 13.6. The van der Waals surface area contributed by atoms with Gasteiger partial charge in [-0.25, -0.2) is 0 Å². The van der Waals surface area contributed by atoms with Crippen molar-refractivity contribution in [1.82, 2.24) is 0 Å². The SMILES string of the molecule is COc1cc(N)c(N)cc1OC(F)=C(F)C(F)(F)C(F)(F)C(F)(F)C(F)(F)C(F)(F)C(F)(F)C(F)(F)F.Cc1cc(N)c(N)cc1OC(F)=C(F)C(F)(F)C(F)(F)C(F)(F)C(F)(F)C(F)(F)C(F)(F)C(F)(F)F. The lowest BCUT2D eigenvalue weighted by molar-refractivity contribution is -0.451. The van der Waals surface area contributed by atoms with Crippen LogP contribution < -0.4 is 37.1 Å². The number of aryl methyl sites for hydroxylation is 1. The van der Waals surface area contributed by atoms with Gasteiger partial charge in [0.2, 0.25) is 11.7 Å². The Balaban J connectivity index is 0.000000730. The molecule has 2 aromatic rings. The molecule has 0 spiro atoms. The van der Waals surface area contributed by atoms with Gasteiger partial charge >= 0.3 is 95.4 Å². The zero-order valence-electron chi connectivity index (χ0n) is 33.7. The van der Waals surface area contributed by atoms with E-state index in [9.17, 15) is 149 Å². The van der Waals surface area contributed by atoms with Crippen LogP contribution in [0.3, 0.4) is 0 Å². The molecule has 0 bridgehead atoms. The minimum Gasteiger partial charge on any atom is -0.493 e. The van der Waals surface area contributed by atoms with Crippen LogP contribution in [0.1, 0.15) is 5.56 Å². The minimum absolute atomic E-state index is 0.292. The molecule has 0 unspecified atom stereocenters. The van der Waals surface area contributed by atoms with Gasteiger partial charge in [-0.05, 0) is 18.6 Å². The van der Waals surface area contributed by atoms with E-state index in [0.29, 0.717) is 18.2 Å². The largest absolute Gasteiger partial charge is 0.493 e. The Hall–Kier alpha value is -5.86. The Bertz CT molecular complexity index is 2410. The van der Waals surface area contributed by atoms with Crippen molar-refractivity contribution in [2.75, 3.05) is 30.0 Å². The predicted octanol–water partition coefficient (Wildman–Crippen LogP) is 13.7. The molecule has 0 saturated carbocycles. The highest BCUT2D eigenvalue weighted by atomic mass is 19.4. The first-order valence-electron chi connectivity index (χ1n) is 16.8. The topological polar surface area (TPSA) is 132 Å². The molecule has 2 aromatic carbocycles. The van der Waals surface area contributed by atoms with E-state index >= 15 is 0 Å². The highest BCUT2D eigenvalue weighted by Gasteiger charge is 2.95. The van der Waals surface area contributed by atoms with Crippen LogP contribution in [-0.4, -0.2) is 90.5 Å². The van der Waals surface area contributed by atoms with Crippen molar-refractivity contribution >= 4 is 22.7 Å². The van der Waals surface area contributed by atoms with E-state index in [-0.39, 0.29) is 5.69 Å². The smallest absolute Gasteiger partial charge is 0.460 e. The van der Waals surface area contributed by atoms with Crippen LogP contribution >= 0.6 is 0 Å². The number of halogens is 34. The number of methoxy groups -OCH3 is 1. The predicted molar refractivity (Wildman–Crippen MR) is 173 cm³/mol. The van der Waals surface area contributed by atoms with E-state index < -0.39 is 147 Å². The molecule has 0 saturated heterocycles. The van der Waals surface area contributed by atoms with Crippen LogP contribution in [-0.2, 0) is 0 Å². The summed E-state index contributed by atoms with van der Waals surface area (Å²) in [6.45, 7) is 0.917. The third-order valence-corrected chi connectivity index (χ3v) is 8.70. The summed E-state index contributed by atoms with van der Waals surface area (Å²) in [5.74, 6) is -112. The molecule has 0 aliphatic carbocycles. The summed E-state index contributed by atoms with van der Waals surface area (Å²) in [6, 6.07) is -5.01. The number of allylic oxidation sites excluding steroid dienone is 2. The van der Waals surface area contributed by atoms with E-state index in [1.807, 2.05) is 0 Å². The summed E-state index contributed by atoms with van der Waals surface area (Å²) in [4.78, 5) is 0. The molecule has 41 heteroatoms. The maximum atomic E-state index is 13.8. The summed E-state index contributed by atoms with van der Waals surface area (Å²) < 4.78 is 460. The zero-order chi connectivity index (χ0) is 58.9. The number of benzene rings is 2. The maximum Gasteiger partial charge on any atom is 0.460 e. The van der Waals surface area contributed by atoms with Crippen LogP contribution in [0.4, 0.5) is 172 Å². The number of rotatable bonds is 17. The standard InChI is InChI=1S/C16H9F17N2O2.C16H9F17N2O/c1-36-6-2-4(34)5(35)3-7(6)37-9(18)8(17)10(19,20)11(21,22)12(23,24)13(25,26)14(27,28)15(29,30)16(31,32)33;1-4-2-5(34)6(35)3-7(4)36-9(18)8(17)10(19,20)11(21,22)12(23,24)13(25,26)14(27,28)15(29,30)16(31,32)33/h2-3H,34-35H2,1H3;2-3H,34-35H2,1H3. The van der Waals surface area contributed by atoms with Gasteiger partial charge in [-0.2, -0.15) is 149 Å². The third-order valence-electron chi connectivity index (χ3n) is 8.70. The molecule has 0 fully saturated rings. The Morgan fingerprint density at radius 2 is 0.548 bits per heavy atom. The second kappa shape index (κ2) is 19.1. The van der Waals surface area contributed by atoms with Crippen molar-refractivity contribution < 1.29 is 163 Å². The van der Waals surface area contributed by atoms with Gasteiger partial charge in [0, 0.05) is 18.2 Å². The average Bonchev–Trinajstić information content (AvgIpc) is 3.21. The van der Waals surface area contributed by atoms with Crippen molar-refractivity contribution in [1.29, 1.82) is 0 Å². The fourth-order valence-corrected chi connectivity index (χ4v) is 4.41.